The standard InChI is InChI=1S/C13H21N3O3S2/c1-16(2)12(8-15-21(17,18)9-13(14)20)10-5-4-6-11(7-10)19-3/h4-7,12,15H,8-9H2,1-3H3,(H2,14,20). The number of nitrogens with one attached hydrogen (secondary N) is 1. The Morgan fingerprint density at radius 1 is 1.48 bits per heavy atom. The van der Waals surface area contributed by atoms with Crippen LogP contribution in [0.25, 0.3) is 0 Å². The highest BCUT2D eigenvalue weighted by atomic mass is 32.2. The maximum Gasteiger partial charge on any atom is 0.218 e. The number of likely N-dealkylation sites (N-methyl/N-ethyl adjacent to an activating group) is 1. The monoisotopic (exact) mass is 331 g/mol. The van der Waals surface area contributed by atoms with Gasteiger partial charge in [-0.05, 0) is 31.8 Å². The number of nitrogens with zero attached hydrogens (tertiary/aromatic N) is 1. The number of thiocarbonyl (C=S) groups is 1. The van der Waals surface area contributed by atoms with Gasteiger partial charge in [0.1, 0.15) is 11.5 Å². The van der Waals surface area contributed by atoms with E-state index in [1.165, 1.54) is 0 Å². The second kappa shape index (κ2) is 7.69. The van der Waals surface area contributed by atoms with Crippen LogP contribution in [-0.2, 0) is 10.0 Å². The number of methoxy groups -OCH3 is 1. The van der Waals surface area contributed by atoms with Crippen LogP contribution in [0.1, 0.15) is 11.6 Å². The maximum atomic E-state index is 11.8. The van der Waals surface area contributed by atoms with Gasteiger partial charge in [0.15, 0.2) is 0 Å². The largest absolute Gasteiger partial charge is 0.497 e. The number of hydrogen-bond donors (Lipinski definition) is 2. The van der Waals surface area contributed by atoms with Gasteiger partial charge in [0, 0.05) is 12.6 Å². The summed E-state index contributed by atoms with van der Waals surface area (Å²) in [5.74, 6) is 0.381. The zero-order valence-corrected chi connectivity index (χ0v) is 14.0. The van der Waals surface area contributed by atoms with Crippen LogP contribution in [0, 0.1) is 0 Å². The molecule has 6 nitrogen and oxygen atoms in total. The Balaban J connectivity index is 2.86. The Hall–Kier alpha value is -1.22. The zero-order chi connectivity index (χ0) is 16.0. The summed E-state index contributed by atoms with van der Waals surface area (Å²) in [6, 6.07) is 7.39. The van der Waals surface area contributed by atoms with Crippen molar-refractivity contribution < 1.29 is 13.2 Å². The summed E-state index contributed by atoms with van der Waals surface area (Å²) in [4.78, 5) is 1.88. The summed E-state index contributed by atoms with van der Waals surface area (Å²) >= 11 is 4.63. The van der Waals surface area contributed by atoms with Crippen LogP contribution < -0.4 is 15.2 Å². The Bertz CT molecular complexity index is 588. The van der Waals surface area contributed by atoms with Gasteiger partial charge in [0.25, 0.3) is 0 Å². The van der Waals surface area contributed by atoms with Gasteiger partial charge in [-0.3, -0.25) is 0 Å². The fourth-order valence-electron chi connectivity index (χ4n) is 1.89. The third kappa shape index (κ3) is 5.96. The molecule has 118 valence electrons. The average Bonchev–Trinajstić information content (AvgIpc) is 2.37. The van der Waals surface area contributed by atoms with Gasteiger partial charge in [-0.2, -0.15) is 0 Å². The molecule has 0 heterocycles. The van der Waals surface area contributed by atoms with Crippen molar-refractivity contribution in [3.05, 3.63) is 29.8 Å². The van der Waals surface area contributed by atoms with Crippen LogP contribution in [0.2, 0.25) is 0 Å². The first-order valence-electron chi connectivity index (χ1n) is 6.31. The van der Waals surface area contributed by atoms with Crippen molar-refractivity contribution in [1.29, 1.82) is 0 Å². The predicted octanol–water partition coefficient (Wildman–Crippen LogP) is 0.503. The molecule has 0 bridgehead atoms. The molecule has 0 spiro atoms. The topological polar surface area (TPSA) is 84.7 Å². The SMILES string of the molecule is COc1cccc(C(CNS(=O)(=O)CC(N)=S)N(C)C)c1. The lowest BCUT2D eigenvalue weighted by atomic mass is 10.1. The Morgan fingerprint density at radius 3 is 2.67 bits per heavy atom. The van der Waals surface area contributed by atoms with E-state index in [0.29, 0.717) is 0 Å². The molecule has 0 aromatic heterocycles. The summed E-state index contributed by atoms with van der Waals surface area (Å²) in [5.41, 5.74) is 6.23. The van der Waals surface area contributed by atoms with E-state index in [2.05, 4.69) is 16.9 Å². The minimum absolute atomic E-state index is 0.0507. The molecule has 0 saturated heterocycles. The lowest BCUT2D eigenvalue weighted by molar-refractivity contribution is 0.298. The van der Waals surface area contributed by atoms with E-state index in [9.17, 15) is 8.42 Å². The molecule has 1 aromatic carbocycles. The van der Waals surface area contributed by atoms with Gasteiger partial charge >= 0.3 is 0 Å². The second-order valence-electron chi connectivity index (χ2n) is 4.83. The van der Waals surface area contributed by atoms with E-state index in [1.807, 2.05) is 43.3 Å². The fourth-order valence-corrected chi connectivity index (χ4v) is 3.25. The van der Waals surface area contributed by atoms with Crippen LogP contribution >= 0.6 is 12.2 Å². The summed E-state index contributed by atoms with van der Waals surface area (Å²) in [7, 11) is 1.85. The van der Waals surface area contributed by atoms with Crippen molar-refractivity contribution in [2.75, 3.05) is 33.5 Å². The molecule has 1 atom stereocenters. The van der Waals surface area contributed by atoms with Crippen molar-refractivity contribution in [1.82, 2.24) is 9.62 Å². The van der Waals surface area contributed by atoms with E-state index < -0.39 is 10.0 Å². The first kappa shape index (κ1) is 17.8. The molecule has 0 radical (unpaired) electrons. The number of ether oxygens (including phenoxy) is 1. The van der Waals surface area contributed by atoms with Crippen molar-refractivity contribution in [3.8, 4) is 5.75 Å². The van der Waals surface area contributed by atoms with Crippen molar-refractivity contribution >= 4 is 27.2 Å². The highest BCUT2D eigenvalue weighted by Crippen LogP contribution is 2.22. The van der Waals surface area contributed by atoms with E-state index in [0.717, 1.165) is 11.3 Å². The third-order valence-corrected chi connectivity index (χ3v) is 4.56. The smallest absolute Gasteiger partial charge is 0.218 e. The molecule has 0 aliphatic heterocycles. The van der Waals surface area contributed by atoms with E-state index in [4.69, 9.17) is 10.5 Å². The first-order chi connectivity index (χ1) is 9.75. The Morgan fingerprint density at radius 2 is 2.14 bits per heavy atom. The first-order valence-corrected chi connectivity index (χ1v) is 8.37. The number of nitrogens with two attached hydrogens (primary N) is 1. The Labute approximate surface area is 131 Å². The molecule has 1 unspecified atom stereocenters. The van der Waals surface area contributed by atoms with Gasteiger partial charge in [-0.25, -0.2) is 13.1 Å². The third-order valence-electron chi connectivity index (χ3n) is 2.93. The molecule has 0 fully saturated rings. The predicted molar refractivity (Wildman–Crippen MR) is 88.0 cm³/mol. The number of sulfonamides is 1. The molecule has 0 saturated carbocycles. The second-order valence-corrected chi connectivity index (χ2v) is 7.16. The van der Waals surface area contributed by atoms with Crippen LogP contribution in [0.3, 0.4) is 0 Å². The summed E-state index contributed by atoms with van der Waals surface area (Å²) in [5, 5.41) is 0. The van der Waals surface area contributed by atoms with Gasteiger partial charge < -0.3 is 15.4 Å². The van der Waals surface area contributed by atoms with Crippen LogP contribution in [0.15, 0.2) is 24.3 Å². The molecular formula is C13H21N3O3S2. The summed E-state index contributed by atoms with van der Waals surface area (Å²) in [6.45, 7) is 0.227. The van der Waals surface area contributed by atoms with Gasteiger partial charge in [-0.1, -0.05) is 24.4 Å². The molecule has 0 aliphatic carbocycles. The lowest BCUT2D eigenvalue weighted by Gasteiger charge is -2.25. The fraction of sp³-hybridized carbons (Fsp3) is 0.462. The van der Waals surface area contributed by atoms with E-state index in [1.54, 1.807) is 7.11 Å². The molecule has 0 amide bonds. The van der Waals surface area contributed by atoms with Gasteiger partial charge in [0.05, 0.1) is 12.1 Å². The van der Waals surface area contributed by atoms with E-state index >= 15 is 0 Å². The summed E-state index contributed by atoms with van der Waals surface area (Å²) < 4.78 is 31.3. The maximum absolute atomic E-state index is 11.8. The van der Waals surface area contributed by atoms with Crippen LogP contribution in [0.5, 0.6) is 5.75 Å². The molecule has 1 aromatic rings. The normalized spacial score (nSPS) is 13.1. The van der Waals surface area contributed by atoms with Crippen LogP contribution in [-0.4, -0.2) is 51.8 Å². The van der Waals surface area contributed by atoms with E-state index in [-0.39, 0.29) is 23.3 Å². The van der Waals surface area contributed by atoms with Crippen molar-refractivity contribution in [2.45, 2.75) is 6.04 Å². The van der Waals surface area contributed by atoms with Crippen molar-refractivity contribution in [3.63, 3.8) is 0 Å². The van der Waals surface area contributed by atoms with Crippen molar-refractivity contribution in [2.24, 2.45) is 5.73 Å². The Kier molecular flexibility index (Phi) is 6.53. The van der Waals surface area contributed by atoms with Gasteiger partial charge in [-0.15, -0.1) is 0 Å². The minimum Gasteiger partial charge on any atom is -0.497 e. The number of rotatable bonds is 8. The molecule has 21 heavy (non-hydrogen) atoms. The molecule has 1 rings (SSSR count). The molecule has 8 heteroatoms. The highest BCUT2D eigenvalue weighted by Gasteiger charge is 2.19. The number of benzene rings is 1. The lowest BCUT2D eigenvalue weighted by Crippen LogP contribution is -2.38. The molecule has 3 N–H and O–H groups in total. The highest BCUT2D eigenvalue weighted by molar-refractivity contribution is 7.92. The quantitative estimate of drug-likeness (QED) is 0.675. The molecular weight excluding hydrogens is 310 g/mol. The average molecular weight is 331 g/mol. The van der Waals surface area contributed by atoms with Crippen LogP contribution in [0.4, 0.5) is 0 Å². The number of hydrogen-bond acceptors (Lipinski definition) is 5. The molecule has 0 aliphatic rings. The zero-order valence-electron chi connectivity index (χ0n) is 12.4. The summed E-state index contributed by atoms with van der Waals surface area (Å²) in [6.07, 6.45) is 0. The minimum atomic E-state index is -3.51. The van der Waals surface area contributed by atoms with Gasteiger partial charge in [0.2, 0.25) is 10.0 Å².